The Hall–Kier alpha value is -1.97. The molecule has 2 nitrogen and oxygen atoms in total. The van der Waals surface area contributed by atoms with Crippen LogP contribution in [0.25, 0.3) is 0 Å². The van der Waals surface area contributed by atoms with E-state index in [1.54, 1.807) is 0 Å². The van der Waals surface area contributed by atoms with E-state index in [1.807, 2.05) is 0 Å². The van der Waals surface area contributed by atoms with Crippen LogP contribution in [-0.2, 0) is 4.79 Å². The van der Waals surface area contributed by atoms with Crippen LogP contribution in [-0.4, -0.2) is 5.91 Å². The van der Waals surface area contributed by atoms with E-state index in [2.05, 4.69) is 36.5 Å². The van der Waals surface area contributed by atoms with Gasteiger partial charge in [0.1, 0.15) is 17.3 Å². The summed E-state index contributed by atoms with van der Waals surface area (Å²) in [6.07, 6.45) is 21.5. The lowest BCUT2D eigenvalue weighted by Crippen LogP contribution is -2.13. The molecule has 1 N–H and O–H groups in total. The molecule has 4 heteroatoms. The SMILES string of the molecule is CCCCC/C=C\C/C=C\CCCCCCCC(=O)Nc1c(F)cccc1F. The largest absolute Gasteiger partial charge is 0.321 e. The molecule has 0 aliphatic carbocycles. The van der Waals surface area contributed by atoms with Crippen LogP contribution >= 0.6 is 0 Å². The number of para-hydroxylation sites is 1. The summed E-state index contributed by atoms with van der Waals surface area (Å²) < 4.78 is 26.9. The second-order valence-corrected chi connectivity index (χ2v) is 7.13. The van der Waals surface area contributed by atoms with Crippen molar-refractivity contribution in [2.75, 3.05) is 5.32 Å². The molecule has 0 saturated heterocycles. The standard InChI is InChI=1S/C24H35F2NO/c1-2-3-4-5-6-7-8-9-10-11-12-13-14-15-16-20-23(28)27-24-21(25)18-17-19-22(24)26/h6-7,9-10,17-19H,2-5,8,11-16,20H2,1H3,(H,27,28)/b7-6-,10-9-. The third-order valence-corrected chi connectivity index (χ3v) is 4.58. The minimum Gasteiger partial charge on any atom is -0.321 e. The van der Waals surface area contributed by atoms with Crippen LogP contribution in [0.15, 0.2) is 42.5 Å². The van der Waals surface area contributed by atoms with Gasteiger partial charge >= 0.3 is 0 Å². The first kappa shape index (κ1) is 24.1. The predicted molar refractivity (Wildman–Crippen MR) is 114 cm³/mol. The summed E-state index contributed by atoms with van der Waals surface area (Å²) in [5, 5.41) is 2.32. The maximum absolute atomic E-state index is 13.5. The van der Waals surface area contributed by atoms with E-state index in [1.165, 1.54) is 31.7 Å². The van der Waals surface area contributed by atoms with Crippen LogP contribution in [0.1, 0.15) is 84.0 Å². The number of halogens is 2. The molecule has 0 spiro atoms. The first-order valence-electron chi connectivity index (χ1n) is 10.7. The molecule has 1 aromatic carbocycles. The number of hydrogen-bond acceptors (Lipinski definition) is 1. The van der Waals surface area contributed by atoms with Gasteiger partial charge in [0.15, 0.2) is 0 Å². The Labute approximate surface area is 169 Å². The molecule has 0 aromatic heterocycles. The van der Waals surface area contributed by atoms with Crippen LogP contribution in [0, 0.1) is 11.6 Å². The quantitative estimate of drug-likeness (QED) is 0.241. The second-order valence-electron chi connectivity index (χ2n) is 7.13. The third-order valence-electron chi connectivity index (χ3n) is 4.58. The first-order chi connectivity index (χ1) is 13.6. The molecular weight excluding hydrogens is 356 g/mol. The number of unbranched alkanes of at least 4 members (excludes halogenated alkanes) is 8. The molecule has 1 amide bonds. The number of anilines is 1. The highest BCUT2D eigenvalue weighted by atomic mass is 19.1. The predicted octanol–water partition coefficient (Wildman–Crippen LogP) is 7.72. The Bertz CT molecular complexity index is 590. The molecule has 0 fully saturated rings. The van der Waals surface area contributed by atoms with E-state index in [9.17, 15) is 13.6 Å². The molecule has 1 aromatic rings. The number of amides is 1. The Morgan fingerprint density at radius 3 is 2.07 bits per heavy atom. The number of carbonyl (C=O) groups is 1. The van der Waals surface area contributed by atoms with Gasteiger partial charge in [-0.2, -0.15) is 0 Å². The number of nitrogens with one attached hydrogen (secondary N) is 1. The summed E-state index contributed by atoms with van der Waals surface area (Å²) in [5.74, 6) is -1.82. The van der Waals surface area contributed by atoms with Crippen molar-refractivity contribution in [3.8, 4) is 0 Å². The fourth-order valence-corrected chi connectivity index (χ4v) is 2.92. The van der Waals surface area contributed by atoms with Gasteiger partial charge < -0.3 is 5.32 Å². The molecule has 0 aliphatic rings. The number of carbonyl (C=O) groups excluding carboxylic acids is 1. The number of hydrogen-bond donors (Lipinski definition) is 1. The molecule has 28 heavy (non-hydrogen) atoms. The molecule has 0 radical (unpaired) electrons. The molecule has 0 atom stereocenters. The average Bonchev–Trinajstić information content (AvgIpc) is 2.68. The Morgan fingerprint density at radius 1 is 0.857 bits per heavy atom. The first-order valence-corrected chi connectivity index (χ1v) is 10.7. The van der Waals surface area contributed by atoms with E-state index in [-0.39, 0.29) is 18.0 Å². The van der Waals surface area contributed by atoms with Crippen molar-refractivity contribution in [1.82, 2.24) is 0 Å². The van der Waals surface area contributed by atoms with E-state index in [4.69, 9.17) is 0 Å². The van der Waals surface area contributed by atoms with E-state index in [0.29, 0.717) is 0 Å². The van der Waals surface area contributed by atoms with Crippen LogP contribution < -0.4 is 5.32 Å². The Balaban J connectivity index is 1.97. The molecule has 0 unspecified atom stereocenters. The van der Waals surface area contributed by atoms with Gasteiger partial charge in [-0.25, -0.2) is 8.78 Å². The van der Waals surface area contributed by atoms with Gasteiger partial charge in [0.2, 0.25) is 5.91 Å². The van der Waals surface area contributed by atoms with E-state index in [0.717, 1.165) is 57.1 Å². The number of allylic oxidation sites excluding steroid dienone is 4. The maximum Gasteiger partial charge on any atom is 0.224 e. The van der Waals surface area contributed by atoms with Crippen molar-refractivity contribution >= 4 is 11.6 Å². The van der Waals surface area contributed by atoms with Crippen LogP contribution in [0.4, 0.5) is 14.5 Å². The van der Waals surface area contributed by atoms with Crippen molar-refractivity contribution in [2.24, 2.45) is 0 Å². The zero-order valence-electron chi connectivity index (χ0n) is 17.2. The van der Waals surface area contributed by atoms with E-state index < -0.39 is 11.6 Å². The van der Waals surface area contributed by atoms with Crippen molar-refractivity contribution in [2.45, 2.75) is 84.0 Å². The Kier molecular flexibility index (Phi) is 13.8. The summed E-state index contributed by atoms with van der Waals surface area (Å²) >= 11 is 0. The van der Waals surface area contributed by atoms with Gasteiger partial charge in [-0.3, -0.25) is 4.79 Å². The summed E-state index contributed by atoms with van der Waals surface area (Å²) in [6, 6.07) is 3.55. The second kappa shape index (κ2) is 16.0. The summed E-state index contributed by atoms with van der Waals surface area (Å²) in [5.41, 5.74) is -0.352. The molecule has 1 rings (SSSR count). The molecule has 0 bridgehead atoms. The topological polar surface area (TPSA) is 29.1 Å². The van der Waals surface area contributed by atoms with Crippen molar-refractivity contribution in [3.63, 3.8) is 0 Å². The van der Waals surface area contributed by atoms with Gasteiger partial charge in [-0.05, 0) is 50.7 Å². The van der Waals surface area contributed by atoms with E-state index >= 15 is 0 Å². The lowest BCUT2D eigenvalue weighted by Gasteiger charge is -2.07. The third kappa shape index (κ3) is 11.7. The average molecular weight is 392 g/mol. The molecular formula is C24H35F2NO. The molecule has 0 heterocycles. The Morgan fingerprint density at radius 2 is 1.43 bits per heavy atom. The van der Waals surface area contributed by atoms with Crippen molar-refractivity contribution in [3.05, 3.63) is 54.1 Å². The number of rotatable bonds is 15. The molecule has 0 aliphatic heterocycles. The van der Waals surface area contributed by atoms with Gasteiger partial charge in [-0.1, -0.05) is 69.4 Å². The normalized spacial score (nSPS) is 11.5. The van der Waals surface area contributed by atoms with Crippen LogP contribution in [0.3, 0.4) is 0 Å². The van der Waals surface area contributed by atoms with Gasteiger partial charge in [0.25, 0.3) is 0 Å². The lowest BCUT2D eigenvalue weighted by molar-refractivity contribution is -0.116. The monoisotopic (exact) mass is 391 g/mol. The smallest absolute Gasteiger partial charge is 0.224 e. The fourth-order valence-electron chi connectivity index (χ4n) is 2.92. The zero-order valence-corrected chi connectivity index (χ0v) is 17.2. The highest BCUT2D eigenvalue weighted by Gasteiger charge is 2.11. The summed E-state index contributed by atoms with van der Waals surface area (Å²) in [4.78, 5) is 11.8. The van der Waals surface area contributed by atoms with Gasteiger partial charge in [0, 0.05) is 6.42 Å². The molecule has 156 valence electrons. The highest BCUT2D eigenvalue weighted by Crippen LogP contribution is 2.18. The maximum atomic E-state index is 13.5. The minimum absolute atomic E-state index is 0.290. The van der Waals surface area contributed by atoms with Crippen LogP contribution in [0.2, 0.25) is 0 Å². The zero-order chi connectivity index (χ0) is 20.5. The summed E-state index contributed by atoms with van der Waals surface area (Å²) in [6.45, 7) is 2.22. The van der Waals surface area contributed by atoms with Crippen LogP contribution in [0.5, 0.6) is 0 Å². The number of benzene rings is 1. The van der Waals surface area contributed by atoms with Crippen molar-refractivity contribution < 1.29 is 13.6 Å². The summed E-state index contributed by atoms with van der Waals surface area (Å²) in [7, 11) is 0. The highest BCUT2D eigenvalue weighted by molar-refractivity contribution is 5.90. The fraction of sp³-hybridized carbons (Fsp3) is 0.542. The van der Waals surface area contributed by atoms with Crippen molar-refractivity contribution in [1.29, 1.82) is 0 Å². The van der Waals surface area contributed by atoms with Gasteiger partial charge in [0.05, 0.1) is 0 Å². The van der Waals surface area contributed by atoms with Gasteiger partial charge in [-0.15, -0.1) is 0 Å². The lowest BCUT2D eigenvalue weighted by atomic mass is 10.1. The minimum atomic E-state index is -0.742. The molecule has 0 saturated carbocycles.